The number of rotatable bonds is 5. The Kier molecular flexibility index (Phi) is 5.33. The summed E-state index contributed by atoms with van der Waals surface area (Å²) in [6.07, 6.45) is 3.42. The largest absolute Gasteiger partial charge is 0.416 e. The van der Waals surface area contributed by atoms with Crippen molar-refractivity contribution >= 4 is 15.8 Å². The third-order valence-corrected chi connectivity index (χ3v) is 10.8. The number of benzene rings is 1. The van der Waals surface area contributed by atoms with Crippen molar-refractivity contribution in [2.24, 2.45) is 16.7 Å². The van der Waals surface area contributed by atoms with E-state index < -0.39 is 21.5 Å². The molecule has 2 saturated heterocycles. The van der Waals surface area contributed by atoms with E-state index in [0.29, 0.717) is 23.8 Å². The monoisotopic (exact) mass is 562 g/mol. The van der Waals surface area contributed by atoms with Gasteiger partial charge in [0.15, 0.2) is 5.82 Å². The molecular weight excluding hydrogens is 529 g/mol. The molecule has 1 aromatic heterocycles. The van der Waals surface area contributed by atoms with E-state index in [-0.39, 0.29) is 27.7 Å². The zero-order chi connectivity index (χ0) is 27.4. The highest BCUT2D eigenvalue weighted by Gasteiger charge is 2.58. The molecule has 0 bridgehead atoms. The number of likely N-dealkylation sites (tertiary alicyclic amines) is 2. The Morgan fingerprint density at radius 2 is 1.69 bits per heavy atom. The van der Waals surface area contributed by atoms with Crippen LogP contribution < -0.4 is 0 Å². The Labute approximate surface area is 225 Å². The lowest BCUT2D eigenvalue weighted by atomic mass is 9.56. The molecule has 2 aliphatic heterocycles. The Morgan fingerprint density at radius 1 is 1.08 bits per heavy atom. The highest BCUT2D eigenvalue weighted by atomic mass is 32.2. The van der Waals surface area contributed by atoms with Gasteiger partial charge in [0.05, 0.1) is 20.2 Å². The van der Waals surface area contributed by atoms with Crippen LogP contribution in [0.4, 0.5) is 18.0 Å². The standard InChI is InChI=1S/C27H33F3N6O2S/c1-39(31,38)21-7-20(27(28,29)30)5-4-18(21)6-16-8-25(9-16)12-35(13-25)24(37)36-14-26(15-36)10-19(11-26)23-32-22(33-34-23)17-2-3-17/h4-5,7,16-17,19,31H,2-3,6,8-15H2,1H3,(H,32,33,34). The molecule has 3 heterocycles. The molecule has 5 aliphatic rings. The molecule has 39 heavy (non-hydrogen) atoms. The number of alkyl halides is 3. The lowest BCUT2D eigenvalue weighted by Crippen LogP contribution is -2.71. The number of hydrogen-bond acceptors (Lipinski definition) is 5. The minimum absolute atomic E-state index is 0.0138. The molecule has 2 aromatic rings. The maximum Gasteiger partial charge on any atom is 0.416 e. The van der Waals surface area contributed by atoms with Crippen LogP contribution in [0.25, 0.3) is 0 Å². The fourth-order valence-electron chi connectivity index (χ4n) is 7.57. The van der Waals surface area contributed by atoms with Crippen LogP contribution in [0.1, 0.15) is 73.1 Å². The van der Waals surface area contributed by atoms with Crippen LogP contribution in [0.2, 0.25) is 0 Å². The molecule has 1 atom stereocenters. The van der Waals surface area contributed by atoms with Gasteiger partial charge in [-0.05, 0) is 68.6 Å². The van der Waals surface area contributed by atoms with E-state index in [2.05, 4.69) is 10.2 Å². The minimum Gasteiger partial charge on any atom is -0.323 e. The summed E-state index contributed by atoms with van der Waals surface area (Å²) in [6.45, 7) is 3.04. The van der Waals surface area contributed by atoms with Crippen molar-refractivity contribution < 1.29 is 22.2 Å². The number of aromatic amines is 1. The number of carbonyl (C=O) groups is 1. The number of urea groups is 1. The van der Waals surface area contributed by atoms with Crippen molar-refractivity contribution in [2.75, 3.05) is 32.4 Å². The first kappa shape index (κ1) is 25.3. The number of halogens is 3. The van der Waals surface area contributed by atoms with E-state index in [1.54, 1.807) is 0 Å². The third-order valence-electron chi connectivity index (χ3n) is 9.62. The third kappa shape index (κ3) is 4.42. The van der Waals surface area contributed by atoms with Gasteiger partial charge in [-0.25, -0.2) is 18.8 Å². The van der Waals surface area contributed by atoms with Crippen LogP contribution in [0.15, 0.2) is 23.1 Å². The summed E-state index contributed by atoms with van der Waals surface area (Å²) >= 11 is 0. The van der Waals surface area contributed by atoms with Crippen molar-refractivity contribution in [3.8, 4) is 0 Å². The molecule has 1 aromatic carbocycles. The number of nitrogens with one attached hydrogen (secondary N) is 2. The predicted molar refractivity (Wildman–Crippen MR) is 137 cm³/mol. The van der Waals surface area contributed by atoms with Gasteiger partial charge in [-0.1, -0.05) is 6.07 Å². The highest BCUT2D eigenvalue weighted by Crippen LogP contribution is 2.57. The minimum atomic E-state index is -4.53. The molecule has 8 nitrogen and oxygen atoms in total. The Hall–Kier alpha value is -2.63. The van der Waals surface area contributed by atoms with E-state index in [4.69, 9.17) is 9.76 Å². The fourth-order valence-corrected chi connectivity index (χ4v) is 8.58. The van der Waals surface area contributed by atoms with E-state index >= 15 is 0 Å². The van der Waals surface area contributed by atoms with Gasteiger partial charge in [0.1, 0.15) is 5.82 Å². The molecule has 2 amide bonds. The number of hydrogen-bond donors (Lipinski definition) is 2. The van der Waals surface area contributed by atoms with Crippen molar-refractivity contribution in [3.63, 3.8) is 0 Å². The molecule has 5 fully saturated rings. The summed E-state index contributed by atoms with van der Waals surface area (Å²) in [5.41, 5.74) is 0.0129. The Morgan fingerprint density at radius 3 is 2.26 bits per heavy atom. The summed E-state index contributed by atoms with van der Waals surface area (Å²) in [5.74, 6) is 3.19. The second-order valence-corrected chi connectivity index (χ2v) is 15.2. The zero-order valence-electron chi connectivity index (χ0n) is 21.9. The molecule has 7 rings (SSSR count). The molecule has 2 N–H and O–H groups in total. The van der Waals surface area contributed by atoms with Gasteiger partial charge in [0.25, 0.3) is 0 Å². The fraction of sp³-hybridized carbons (Fsp3) is 0.667. The van der Waals surface area contributed by atoms with Crippen LogP contribution in [0, 0.1) is 21.5 Å². The molecule has 12 heteroatoms. The lowest BCUT2D eigenvalue weighted by Gasteiger charge is -2.63. The van der Waals surface area contributed by atoms with Crippen LogP contribution in [-0.2, 0) is 22.3 Å². The van der Waals surface area contributed by atoms with Crippen molar-refractivity contribution in [2.45, 2.75) is 67.9 Å². The highest BCUT2D eigenvalue weighted by molar-refractivity contribution is 7.91. The molecule has 2 spiro atoms. The van der Waals surface area contributed by atoms with Gasteiger partial charge >= 0.3 is 12.2 Å². The van der Waals surface area contributed by atoms with Crippen molar-refractivity contribution in [1.82, 2.24) is 25.0 Å². The molecular formula is C27H33F3N6O2S. The predicted octanol–water partition coefficient (Wildman–Crippen LogP) is 4.99. The molecule has 3 saturated carbocycles. The van der Waals surface area contributed by atoms with Gasteiger partial charge < -0.3 is 9.80 Å². The molecule has 1 unspecified atom stereocenters. The van der Waals surface area contributed by atoms with Crippen LogP contribution in [0.3, 0.4) is 0 Å². The molecule has 3 aliphatic carbocycles. The lowest BCUT2D eigenvalue weighted by molar-refractivity contribution is -0.137. The Balaban J connectivity index is 0.881. The van der Waals surface area contributed by atoms with E-state index in [0.717, 1.165) is 75.6 Å². The maximum absolute atomic E-state index is 13.2. The maximum atomic E-state index is 13.2. The molecule has 210 valence electrons. The molecule has 0 radical (unpaired) electrons. The average Bonchev–Trinajstić information content (AvgIpc) is 3.48. The number of aromatic nitrogens is 3. The number of amides is 2. The first-order valence-corrected chi connectivity index (χ1v) is 15.7. The van der Waals surface area contributed by atoms with Crippen LogP contribution in [-0.4, -0.2) is 67.7 Å². The van der Waals surface area contributed by atoms with E-state index in [9.17, 15) is 22.2 Å². The van der Waals surface area contributed by atoms with Crippen LogP contribution in [0.5, 0.6) is 0 Å². The normalized spacial score (nSPS) is 25.5. The number of nitrogens with zero attached hydrogens (tertiary/aromatic N) is 4. The summed E-state index contributed by atoms with van der Waals surface area (Å²) in [4.78, 5) is 21.6. The van der Waals surface area contributed by atoms with Gasteiger partial charge in [-0.3, -0.25) is 5.10 Å². The van der Waals surface area contributed by atoms with Gasteiger partial charge in [0, 0.05) is 55.1 Å². The first-order chi connectivity index (χ1) is 18.3. The summed E-state index contributed by atoms with van der Waals surface area (Å²) < 4.78 is 59.8. The number of carbonyl (C=O) groups excluding carboxylic acids is 1. The Bertz CT molecular complexity index is 1420. The smallest absolute Gasteiger partial charge is 0.323 e. The van der Waals surface area contributed by atoms with Crippen molar-refractivity contribution in [1.29, 1.82) is 4.78 Å². The summed E-state index contributed by atoms with van der Waals surface area (Å²) in [5, 5.41) is 7.52. The van der Waals surface area contributed by atoms with E-state index in [1.165, 1.54) is 25.2 Å². The zero-order valence-corrected chi connectivity index (χ0v) is 22.7. The quantitative estimate of drug-likeness (QED) is 0.536. The average molecular weight is 563 g/mol. The van der Waals surface area contributed by atoms with Gasteiger partial charge in [-0.15, -0.1) is 0 Å². The SMILES string of the molecule is CS(=N)(=O)c1cc(C(F)(F)F)ccc1CC1CC2(C1)CN(C(=O)N1CC3(CC(c4n[nH]c(C5CC5)n4)C3)C1)C2. The summed E-state index contributed by atoms with van der Waals surface area (Å²) in [6, 6.07) is 3.39. The van der Waals surface area contributed by atoms with E-state index in [1.807, 2.05) is 9.80 Å². The van der Waals surface area contributed by atoms with Crippen LogP contribution >= 0.6 is 0 Å². The summed E-state index contributed by atoms with van der Waals surface area (Å²) in [7, 11) is -3.29. The number of H-pyrrole nitrogens is 1. The second-order valence-electron chi connectivity index (χ2n) is 13.1. The topological polar surface area (TPSA) is 106 Å². The first-order valence-electron chi connectivity index (χ1n) is 13.7. The van der Waals surface area contributed by atoms with Gasteiger partial charge in [-0.2, -0.15) is 18.3 Å². The van der Waals surface area contributed by atoms with Crippen molar-refractivity contribution in [3.05, 3.63) is 41.0 Å². The van der Waals surface area contributed by atoms with Gasteiger partial charge in [0.2, 0.25) is 0 Å². The second kappa shape index (κ2) is 8.20.